The van der Waals surface area contributed by atoms with Crippen molar-refractivity contribution in [2.45, 2.75) is 46.1 Å². The molecule has 3 fully saturated rings. The van der Waals surface area contributed by atoms with Crippen LogP contribution in [0, 0.1) is 18.8 Å². The maximum absolute atomic E-state index is 13.7. The first-order valence-corrected chi connectivity index (χ1v) is 13.2. The molecule has 0 bridgehead atoms. The van der Waals surface area contributed by atoms with Crippen LogP contribution in [-0.4, -0.2) is 56.9 Å². The number of fused-ring (bicyclic) bond motifs is 1. The molecule has 0 aliphatic carbocycles. The molecular formula is C25H30N4O3S2. The fourth-order valence-electron chi connectivity index (χ4n) is 5.28. The quantitative estimate of drug-likeness (QED) is 0.468. The Bertz CT molecular complexity index is 1220. The smallest absolute Gasteiger partial charge is 0.267 e. The van der Waals surface area contributed by atoms with Crippen LogP contribution in [0.15, 0.2) is 28.0 Å². The first-order valence-electron chi connectivity index (χ1n) is 12.0. The maximum Gasteiger partial charge on any atom is 0.267 e. The summed E-state index contributed by atoms with van der Waals surface area (Å²) in [6.45, 7) is 9.28. The molecule has 0 aromatic carbocycles. The highest BCUT2D eigenvalue weighted by molar-refractivity contribution is 8.26. The zero-order chi connectivity index (χ0) is 24.0. The average Bonchev–Trinajstić information content (AvgIpc) is 3.39. The van der Waals surface area contributed by atoms with Crippen LogP contribution in [-0.2, 0) is 9.53 Å². The highest BCUT2D eigenvalue weighted by Gasteiger charge is 2.35. The van der Waals surface area contributed by atoms with E-state index in [2.05, 4.69) is 18.7 Å². The van der Waals surface area contributed by atoms with E-state index in [4.69, 9.17) is 21.9 Å². The van der Waals surface area contributed by atoms with E-state index in [1.165, 1.54) is 11.8 Å². The van der Waals surface area contributed by atoms with Gasteiger partial charge in [-0.3, -0.25) is 18.9 Å². The van der Waals surface area contributed by atoms with E-state index in [0.717, 1.165) is 44.5 Å². The van der Waals surface area contributed by atoms with E-state index >= 15 is 0 Å². The number of nitrogens with zero attached hydrogens (tertiary/aromatic N) is 4. The van der Waals surface area contributed by atoms with Gasteiger partial charge in [0.15, 0.2) is 0 Å². The number of amides is 1. The summed E-state index contributed by atoms with van der Waals surface area (Å²) in [5, 5.41) is 0. The van der Waals surface area contributed by atoms with Crippen molar-refractivity contribution in [1.82, 2.24) is 14.3 Å². The first-order chi connectivity index (χ1) is 16.3. The molecule has 0 spiro atoms. The maximum atomic E-state index is 13.7. The summed E-state index contributed by atoms with van der Waals surface area (Å²) >= 11 is 6.78. The summed E-state index contributed by atoms with van der Waals surface area (Å²) < 4.78 is 7.80. The predicted molar refractivity (Wildman–Crippen MR) is 140 cm³/mol. The topological polar surface area (TPSA) is 67.2 Å². The fourth-order valence-corrected chi connectivity index (χ4v) is 6.54. The summed E-state index contributed by atoms with van der Waals surface area (Å²) in [5.74, 6) is 1.49. The van der Waals surface area contributed by atoms with Gasteiger partial charge < -0.3 is 9.64 Å². The van der Waals surface area contributed by atoms with E-state index in [1.54, 1.807) is 21.6 Å². The normalized spacial score (nSPS) is 26.9. The highest BCUT2D eigenvalue weighted by atomic mass is 32.2. The number of thioether (sulfide) groups is 1. The molecular weight excluding hydrogens is 468 g/mol. The second kappa shape index (κ2) is 9.43. The van der Waals surface area contributed by atoms with Crippen LogP contribution >= 0.6 is 24.0 Å². The summed E-state index contributed by atoms with van der Waals surface area (Å²) in [6.07, 6.45) is 6.55. The summed E-state index contributed by atoms with van der Waals surface area (Å²) in [7, 11) is 0. The minimum absolute atomic E-state index is 0.0182. The van der Waals surface area contributed by atoms with Gasteiger partial charge in [0.2, 0.25) is 0 Å². The van der Waals surface area contributed by atoms with Gasteiger partial charge in [-0.1, -0.05) is 43.9 Å². The molecule has 34 heavy (non-hydrogen) atoms. The number of carbonyl (C=O) groups is 1. The molecule has 0 radical (unpaired) electrons. The molecule has 3 atom stereocenters. The highest BCUT2D eigenvalue weighted by Crippen LogP contribution is 2.35. The number of hydrogen-bond acceptors (Lipinski definition) is 7. The predicted octanol–water partition coefficient (Wildman–Crippen LogP) is 3.87. The molecule has 0 saturated carbocycles. The van der Waals surface area contributed by atoms with E-state index < -0.39 is 0 Å². The number of carbonyl (C=O) groups excluding carboxylic acids is 1. The third kappa shape index (κ3) is 4.41. The van der Waals surface area contributed by atoms with Gasteiger partial charge in [0.1, 0.15) is 15.8 Å². The van der Waals surface area contributed by atoms with Gasteiger partial charge in [0.05, 0.1) is 23.1 Å². The number of ether oxygens (including phenoxy) is 1. The van der Waals surface area contributed by atoms with E-state index in [1.807, 2.05) is 19.1 Å². The fraction of sp³-hybridized carbons (Fsp3) is 0.520. The average molecular weight is 499 g/mol. The number of thiocarbonyl (C=S) groups is 1. The van der Waals surface area contributed by atoms with Crippen LogP contribution in [0.3, 0.4) is 0 Å². The number of hydrogen-bond donors (Lipinski definition) is 0. The molecule has 180 valence electrons. The van der Waals surface area contributed by atoms with Crippen molar-refractivity contribution >= 4 is 51.7 Å². The van der Waals surface area contributed by atoms with Gasteiger partial charge in [-0.15, -0.1) is 0 Å². The van der Waals surface area contributed by atoms with Crippen molar-refractivity contribution < 1.29 is 9.53 Å². The van der Waals surface area contributed by atoms with Crippen LogP contribution in [0.1, 0.15) is 44.2 Å². The Balaban J connectivity index is 1.59. The Kier molecular flexibility index (Phi) is 6.52. The number of rotatable bonds is 4. The van der Waals surface area contributed by atoms with Crippen LogP contribution in [0.25, 0.3) is 11.7 Å². The SMILES string of the molecule is Cc1cccn2c(=O)c(/C=C3\SC(=S)N(C[C@@H]4CCCO4)C3=O)c(N3C[C@H](C)C[C@@H](C)C3)nc12. The molecule has 5 heterocycles. The van der Waals surface area contributed by atoms with E-state index in [0.29, 0.717) is 44.6 Å². The summed E-state index contributed by atoms with van der Waals surface area (Å²) in [6, 6.07) is 3.81. The molecule has 7 nitrogen and oxygen atoms in total. The van der Waals surface area contributed by atoms with Gasteiger partial charge in [0, 0.05) is 25.9 Å². The third-order valence-corrected chi connectivity index (χ3v) is 8.17. The second-order valence-electron chi connectivity index (χ2n) is 9.82. The van der Waals surface area contributed by atoms with Gasteiger partial charge in [0.25, 0.3) is 11.5 Å². The summed E-state index contributed by atoms with van der Waals surface area (Å²) in [5.41, 5.74) is 1.87. The molecule has 9 heteroatoms. The van der Waals surface area contributed by atoms with E-state index in [-0.39, 0.29) is 17.6 Å². The standard InChI is InChI=1S/C25H30N4O3S2/c1-15-10-16(2)13-27(12-15)22-19(23(30)28-8-4-6-17(3)21(28)26-22)11-20-24(31)29(25(33)34-20)14-18-7-5-9-32-18/h4,6,8,11,15-16,18H,5,7,9-10,12-14H2,1-3H3/b20-11-/t15-,16-,18+/m1/s1. The number of anilines is 1. The Labute approximate surface area is 209 Å². The third-order valence-electron chi connectivity index (χ3n) is 6.79. The largest absolute Gasteiger partial charge is 0.376 e. The van der Waals surface area contributed by atoms with Gasteiger partial charge in [-0.05, 0) is 55.7 Å². The zero-order valence-corrected chi connectivity index (χ0v) is 21.5. The molecule has 3 saturated heterocycles. The van der Waals surface area contributed by atoms with Crippen molar-refractivity contribution in [2.24, 2.45) is 11.8 Å². The van der Waals surface area contributed by atoms with Crippen molar-refractivity contribution in [3.8, 4) is 0 Å². The van der Waals surface area contributed by atoms with Gasteiger partial charge >= 0.3 is 0 Å². The van der Waals surface area contributed by atoms with Crippen molar-refractivity contribution in [3.63, 3.8) is 0 Å². The van der Waals surface area contributed by atoms with Gasteiger partial charge in [-0.2, -0.15) is 0 Å². The molecule has 3 aliphatic rings. The number of aryl methyl sites for hydroxylation is 1. The lowest BCUT2D eigenvalue weighted by atomic mass is 9.91. The van der Waals surface area contributed by atoms with Crippen LogP contribution in [0.2, 0.25) is 0 Å². The minimum atomic E-state index is -0.168. The minimum Gasteiger partial charge on any atom is -0.376 e. The Hall–Kier alpha value is -2.23. The molecule has 2 aromatic rings. The first kappa shape index (κ1) is 23.5. The molecule has 0 N–H and O–H groups in total. The molecule has 0 unspecified atom stereocenters. The van der Waals surface area contributed by atoms with Crippen molar-refractivity contribution in [1.29, 1.82) is 0 Å². The van der Waals surface area contributed by atoms with Crippen molar-refractivity contribution in [2.75, 3.05) is 31.1 Å². The number of piperidine rings is 1. The lowest BCUT2D eigenvalue weighted by molar-refractivity contribution is -0.123. The van der Waals surface area contributed by atoms with Crippen LogP contribution in [0.4, 0.5) is 5.82 Å². The Morgan fingerprint density at radius 3 is 2.74 bits per heavy atom. The summed E-state index contributed by atoms with van der Waals surface area (Å²) in [4.78, 5) is 36.3. The van der Waals surface area contributed by atoms with E-state index in [9.17, 15) is 9.59 Å². The Morgan fingerprint density at radius 2 is 2.03 bits per heavy atom. The van der Waals surface area contributed by atoms with Crippen molar-refractivity contribution in [3.05, 3.63) is 44.7 Å². The lowest BCUT2D eigenvalue weighted by Crippen LogP contribution is -2.40. The molecule has 2 aromatic heterocycles. The van der Waals surface area contributed by atoms with Crippen LogP contribution < -0.4 is 10.5 Å². The second-order valence-corrected chi connectivity index (χ2v) is 11.5. The lowest BCUT2D eigenvalue weighted by Gasteiger charge is -2.36. The monoisotopic (exact) mass is 498 g/mol. The molecule has 5 rings (SSSR count). The number of pyridine rings is 1. The molecule has 3 aliphatic heterocycles. The number of aromatic nitrogens is 2. The zero-order valence-electron chi connectivity index (χ0n) is 19.8. The van der Waals surface area contributed by atoms with Gasteiger partial charge in [-0.25, -0.2) is 4.98 Å². The van der Waals surface area contributed by atoms with Crippen LogP contribution in [0.5, 0.6) is 0 Å². The molecule has 1 amide bonds. The Morgan fingerprint density at radius 1 is 1.26 bits per heavy atom.